The van der Waals surface area contributed by atoms with Gasteiger partial charge in [-0.25, -0.2) is 4.79 Å². The third-order valence-electron chi connectivity index (χ3n) is 3.83. The third-order valence-corrected chi connectivity index (χ3v) is 3.83. The van der Waals surface area contributed by atoms with Crippen LogP contribution in [-0.2, 0) is 6.54 Å². The van der Waals surface area contributed by atoms with Crippen LogP contribution in [0, 0.1) is 0 Å². The van der Waals surface area contributed by atoms with E-state index in [9.17, 15) is 4.79 Å². The molecule has 1 aliphatic carbocycles. The molecule has 0 spiro atoms. The van der Waals surface area contributed by atoms with Crippen molar-refractivity contribution in [3.8, 4) is 5.75 Å². The molecule has 2 rings (SSSR count). The number of ether oxygens (including phenoxy) is 1. The van der Waals surface area contributed by atoms with E-state index < -0.39 is 0 Å². The number of allylic oxidation sites excluding steroid dienone is 1. The fourth-order valence-corrected chi connectivity index (χ4v) is 2.65. The predicted octanol–water partition coefficient (Wildman–Crippen LogP) is 3.78. The quantitative estimate of drug-likeness (QED) is 0.753. The maximum atomic E-state index is 11.8. The molecule has 1 aromatic carbocycles. The van der Waals surface area contributed by atoms with Gasteiger partial charge in [0.15, 0.2) is 0 Å². The van der Waals surface area contributed by atoms with Gasteiger partial charge in [0.25, 0.3) is 0 Å². The standard InChI is InChI=1S/C18H26N2O2/c1-2-22-17-11-7-6-10-16(17)14-20-18(21)19-13-12-15-8-4-3-5-9-15/h6-8,10-11H,2-5,9,12-14H2,1H3,(H2,19,20,21). The highest BCUT2D eigenvalue weighted by molar-refractivity contribution is 5.73. The average molecular weight is 302 g/mol. The molecule has 0 atom stereocenters. The Labute approximate surface area is 132 Å². The van der Waals surface area contributed by atoms with E-state index in [0.717, 1.165) is 17.7 Å². The molecule has 0 saturated heterocycles. The smallest absolute Gasteiger partial charge is 0.315 e. The van der Waals surface area contributed by atoms with Crippen molar-refractivity contribution in [2.24, 2.45) is 0 Å². The lowest BCUT2D eigenvalue weighted by atomic mass is 9.97. The van der Waals surface area contributed by atoms with Crippen LogP contribution in [-0.4, -0.2) is 19.2 Å². The Balaban J connectivity index is 1.70. The van der Waals surface area contributed by atoms with Crippen LogP contribution in [0.3, 0.4) is 0 Å². The van der Waals surface area contributed by atoms with Crippen LogP contribution in [0.4, 0.5) is 4.79 Å². The molecule has 4 heteroatoms. The van der Waals surface area contributed by atoms with Crippen molar-refractivity contribution in [2.45, 2.75) is 45.6 Å². The van der Waals surface area contributed by atoms with Gasteiger partial charge in [-0.3, -0.25) is 0 Å². The van der Waals surface area contributed by atoms with Gasteiger partial charge in [-0.1, -0.05) is 29.8 Å². The van der Waals surface area contributed by atoms with Gasteiger partial charge in [0.1, 0.15) is 5.75 Å². The van der Waals surface area contributed by atoms with E-state index >= 15 is 0 Å². The van der Waals surface area contributed by atoms with Gasteiger partial charge in [0, 0.05) is 18.7 Å². The summed E-state index contributed by atoms with van der Waals surface area (Å²) in [6.45, 7) is 3.75. The second kappa shape index (κ2) is 9.13. The summed E-state index contributed by atoms with van der Waals surface area (Å²) in [5, 5.41) is 5.81. The summed E-state index contributed by atoms with van der Waals surface area (Å²) in [5.74, 6) is 0.831. The van der Waals surface area contributed by atoms with E-state index in [0.29, 0.717) is 19.7 Å². The summed E-state index contributed by atoms with van der Waals surface area (Å²) in [5.41, 5.74) is 2.47. The number of nitrogens with one attached hydrogen (secondary N) is 2. The van der Waals surface area contributed by atoms with Crippen LogP contribution in [0.1, 0.15) is 44.6 Å². The van der Waals surface area contributed by atoms with Crippen LogP contribution >= 0.6 is 0 Å². The van der Waals surface area contributed by atoms with Crippen molar-refractivity contribution >= 4 is 6.03 Å². The molecule has 0 unspecified atom stereocenters. The summed E-state index contributed by atoms with van der Waals surface area (Å²) in [6, 6.07) is 7.66. The van der Waals surface area contributed by atoms with Crippen molar-refractivity contribution in [1.82, 2.24) is 10.6 Å². The molecule has 2 amide bonds. The molecule has 22 heavy (non-hydrogen) atoms. The summed E-state index contributed by atoms with van der Waals surface area (Å²) in [4.78, 5) is 11.8. The molecular formula is C18H26N2O2. The van der Waals surface area contributed by atoms with E-state index in [1.165, 1.54) is 31.3 Å². The molecule has 0 heterocycles. The fraction of sp³-hybridized carbons (Fsp3) is 0.500. The van der Waals surface area contributed by atoms with E-state index in [4.69, 9.17) is 4.74 Å². The monoisotopic (exact) mass is 302 g/mol. The highest BCUT2D eigenvalue weighted by Gasteiger charge is 2.06. The number of hydrogen-bond donors (Lipinski definition) is 2. The zero-order chi connectivity index (χ0) is 15.6. The minimum Gasteiger partial charge on any atom is -0.494 e. The van der Waals surface area contributed by atoms with E-state index in [1.807, 2.05) is 31.2 Å². The van der Waals surface area contributed by atoms with Crippen LogP contribution < -0.4 is 15.4 Å². The largest absolute Gasteiger partial charge is 0.494 e. The van der Waals surface area contributed by atoms with E-state index in [2.05, 4.69) is 16.7 Å². The predicted molar refractivity (Wildman–Crippen MR) is 89.0 cm³/mol. The SMILES string of the molecule is CCOc1ccccc1CNC(=O)NCCC1=CCCCC1. The second-order valence-electron chi connectivity index (χ2n) is 5.51. The van der Waals surface area contributed by atoms with Gasteiger partial charge < -0.3 is 15.4 Å². The van der Waals surface area contributed by atoms with Crippen LogP contribution in [0.15, 0.2) is 35.9 Å². The molecule has 0 fully saturated rings. The number of hydrogen-bond acceptors (Lipinski definition) is 2. The molecule has 2 N–H and O–H groups in total. The molecular weight excluding hydrogens is 276 g/mol. The Kier molecular flexibility index (Phi) is 6.81. The molecule has 0 radical (unpaired) electrons. The number of carbonyl (C=O) groups excluding carboxylic acids is 1. The summed E-state index contributed by atoms with van der Waals surface area (Å²) >= 11 is 0. The Morgan fingerprint density at radius 2 is 2.09 bits per heavy atom. The summed E-state index contributed by atoms with van der Waals surface area (Å²) < 4.78 is 5.55. The molecule has 0 saturated carbocycles. The van der Waals surface area contributed by atoms with Gasteiger partial charge in [0.2, 0.25) is 0 Å². The van der Waals surface area contributed by atoms with Crippen LogP contribution in [0.25, 0.3) is 0 Å². The zero-order valence-electron chi connectivity index (χ0n) is 13.4. The molecule has 4 nitrogen and oxygen atoms in total. The van der Waals surface area contributed by atoms with E-state index in [-0.39, 0.29) is 6.03 Å². The van der Waals surface area contributed by atoms with E-state index in [1.54, 1.807) is 0 Å². The molecule has 0 aromatic heterocycles. The normalized spacial score (nSPS) is 14.1. The van der Waals surface area contributed by atoms with Gasteiger partial charge in [0.05, 0.1) is 6.61 Å². The summed E-state index contributed by atoms with van der Waals surface area (Å²) in [7, 11) is 0. The fourth-order valence-electron chi connectivity index (χ4n) is 2.65. The maximum absolute atomic E-state index is 11.8. The molecule has 0 bridgehead atoms. The van der Waals surface area contributed by atoms with Crippen molar-refractivity contribution in [3.63, 3.8) is 0 Å². The first-order valence-corrected chi connectivity index (χ1v) is 8.20. The van der Waals surface area contributed by atoms with Crippen molar-refractivity contribution in [2.75, 3.05) is 13.2 Å². The Hall–Kier alpha value is -1.97. The number of carbonyl (C=O) groups is 1. The first kappa shape index (κ1) is 16.4. The highest BCUT2D eigenvalue weighted by atomic mass is 16.5. The number of benzene rings is 1. The minimum atomic E-state index is -0.122. The third kappa shape index (κ3) is 5.43. The van der Waals surface area contributed by atoms with Crippen LogP contribution in [0.5, 0.6) is 5.75 Å². The zero-order valence-corrected chi connectivity index (χ0v) is 13.4. The first-order valence-electron chi connectivity index (χ1n) is 8.20. The molecule has 1 aliphatic rings. The average Bonchev–Trinajstić information content (AvgIpc) is 2.55. The Morgan fingerprint density at radius 1 is 1.23 bits per heavy atom. The Morgan fingerprint density at radius 3 is 2.86 bits per heavy atom. The van der Waals surface area contributed by atoms with Crippen molar-refractivity contribution in [1.29, 1.82) is 0 Å². The number of amides is 2. The lowest BCUT2D eigenvalue weighted by Gasteiger charge is -2.14. The lowest BCUT2D eigenvalue weighted by molar-refractivity contribution is 0.240. The highest BCUT2D eigenvalue weighted by Crippen LogP contribution is 2.19. The summed E-state index contributed by atoms with van der Waals surface area (Å²) in [6.07, 6.45) is 8.24. The molecule has 1 aromatic rings. The van der Waals surface area contributed by atoms with Gasteiger partial charge in [-0.2, -0.15) is 0 Å². The lowest BCUT2D eigenvalue weighted by Crippen LogP contribution is -2.35. The van der Waals surface area contributed by atoms with Crippen molar-refractivity contribution in [3.05, 3.63) is 41.5 Å². The maximum Gasteiger partial charge on any atom is 0.315 e. The second-order valence-corrected chi connectivity index (χ2v) is 5.51. The minimum absolute atomic E-state index is 0.122. The first-order chi connectivity index (χ1) is 10.8. The number of para-hydroxylation sites is 1. The van der Waals surface area contributed by atoms with Gasteiger partial charge in [-0.15, -0.1) is 0 Å². The molecule has 0 aliphatic heterocycles. The van der Waals surface area contributed by atoms with Gasteiger partial charge >= 0.3 is 6.03 Å². The van der Waals surface area contributed by atoms with Crippen molar-refractivity contribution < 1.29 is 9.53 Å². The Bertz CT molecular complexity index is 512. The molecule has 120 valence electrons. The topological polar surface area (TPSA) is 50.4 Å². The van der Waals surface area contributed by atoms with Crippen LogP contribution in [0.2, 0.25) is 0 Å². The van der Waals surface area contributed by atoms with Gasteiger partial charge in [-0.05, 0) is 45.1 Å². The number of rotatable bonds is 7. The number of urea groups is 1.